The van der Waals surface area contributed by atoms with Gasteiger partial charge >= 0.3 is 0 Å². The van der Waals surface area contributed by atoms with Crippen molar-refractivity contribution in [3.05, 3.63) is 59.7 Å². The van der Waals surface area contributed by atoms with Gasteiger partial charge in [-0.25, -0.2) is 4.39 Å². The molecule has 0 saturated carbocycles. The van der Waals surface area contributed by atoms with Crippen molar-refractivity contribution in [1.82, 2.24) is 4.98 Å². The highest BCUT2D eigenvalue weighted by molar-refractivity contribution is 6.04. The number of aromatic nitrogens is 1. The molecule has 0 atom stereocenters. The minimum atomic E-state index is -0.428. The van der Waals surface area contributed by atoms with Crippen LogP contribution >= 0.6 is 0 Å². The summed E-state index contributed by atoms with van der Waals surface area (Å²) in [6.45, 7) is 6.15. The Morgan fingerprint density at radius 2 is 1.95 bits per heavy atom. The second kappa shape index (κ2) is 5.41. The molecule has 0 fully saturated rings. The molecule has 4 heteroatoms. The number of nitrogens with one attached hydrogen (secondary N) is 1. The molecule has 0 aliphatic heterocycles. The van der Waals surface area contributed by atoms with E-state index >= 15 is 0 Å². The van der Waals surface area contributed by atoms with E-state index in [2.05, 4.69) is 10.3 Å². The van der Waals surface area contributed by atoms with Crippen LogP contribution in [0, 0.1) is 5.82 Å². The van der Waals surface area contributed by atoms with Crippen LogP contribution < -0.4 is 5.32 Å². The second-order valence-corrected chi connectivity index (χ2v) is 5.64. The third kappa shape index (κ3) is 3.41. The fourth-order valence-electron chi connectivity index (χ4n) is 1.75. The molecular formula is C16H17FN2O. The predicted molar refractivity (Wildman–Crippen MR) is 77.3 cm³/mol. The van der Waals surface area contributed by atoms with Gasteiger partial charge in [0.05, 0.1) is 0 Å². The van der Waals surface area contributed by atoms with Gasteiger partial charge in [0.15, 0.2) is 0 Å². The van der Waals surface area contributed by atoms with E-state index in [1.807, 2.05) is 26.8 Å². The molecule has 0 saturated heterocycles. The number of benzene rings is 1. The molecule has 104 valence electrons. The molecule has 0 bridgehead atoms. The summed E-state index contributed by atoms with van der Waals surface area (Å²) < 4.78 is 13.1. The SMILES string of the molecule is CC(C)(C)c1cc(NC(=O)c2cccc(F)c2)ccn1. The number of carbonyl (C=O) groups is 1. The highest BCUT2D eigenvalue weighted by atomic mass is 19.1. The fraction of sp³-hybridized carbons (Fsp3) is 0.250. The van der Waals surface area contributed by atoms with Crippen LogP contribution in [-0.2, 0) is 5.41 Å². The Hall–Kier alpha value is -2.23. The van der Waals surface area contributed by atoms with Gasteiger partial charge in [-0.3, -0.25) is 9.78 Å². The number of rotatable bonds is 2. The minimum absolute atomic E-state index is 0.0976. The van der Waals surface area contributed by atoms with Gasteiger partial charge in [-0.1, -0.05) is 26.8 Å². The van der Waals surface area contributed by atoms with E-state index < -0.39 is 5.82 Å². The van der Waals surface area contributed by atoms with Crippen molar-refractivity contribution in [2.75, 3.05) is 5.32 Å². The largest absolute Gasteiger partial charge is 0.322 e. The van der Waals surface area contributed by atoms with Gasteiger partial charge < -0.3 is 5.32 Å². The Labute approximate surface area is 117 Å². The number of halogens is 1. The molecule has 2 aromatic rings. The summed E-state index contributed by atoms with van der Waals surface area (Å²) in [6.07, 6.45) is 1.65. The first-order valence-electron chi connectivity index (χ1n) is 6.40. The van der Waals surface area contributed by atoms with Crippen LogP contribution in [-0.4, -0.2) is 10.9 Å². The third-order valence-corrected chi connectivity index (χ3v) is 2.87. The lowest BCUT2D eigenvalue weighted by atomic mass is 9.91. The van der Waals surface area contributed by atoms with Crippen LogP contribution in [0.25, 0.3) is 0 Å². The van der Waals surface area contributed by atoms with E-state index in [1.165, 1.54) is 18.2 Å². The third-order valence-electron chi connectivity index (χ3n) is 2.87. The molecule has 1 aromatic carbocycles. The molecule has 1 amide bonds. The van der Waals surface area contributed by atoms with Gasteiger partial charge in [-0.05, 0) is 30.3 Å². The maximum absolute atomic E-state index is 13.1. The molecule has 0 radical (unpaired) electrons. The zero-order chi connectivity index (χ0) is 14.8. The van der Waals surface area contributed by atoms with E-state index in [0.29, 0.717) is 11.3 Å². The summed E-state index contributed by atoms with van der Waals surface area (Å²) in [5.41, 5.74) is 1.73. The van der Waals surface area contributed by atoms with Crippen LogP contribution in [0.1, 0.15) is 36.8 Å². The Bertz CT molecular complexity index is 632. The number of hydrogen-bond donors (Lipinski definition) is 1. The zero-order valence-electron chi connectivity index (χ0n) is 11.8. The average Bonchev–Trinajstić information content (AvgIpc) is 2.38. The topological polar surface area (TPSA) is 42.0 Å². The number of anilines is 1. The first-order chi connectivity index (χ1) is 9.36. The molecule has 3 nitrogen and oxygen atoms in total. The number of hydrogen-bond acceptors (Lipinski definition) is 2. The van der Waals surface area contributed by atoms with E-state index in [-0.39, 0.29) is 11.3 Å². The predicted octanol–water partition coefficient (Wildman–Crippen LogP) is 3.77. The molecule has 0 spiro atoms. The summed E-state index contributed by atoms with van der Waals surface area (Å²) in [5.74, 6) is -0.765. The van der Waals surface area contributed by atoms with Crippen molar-refractivity contribution in [2.45, 2.75) is 26.2 Å². The van der Waals surface area contributed by atoms with Crippen molar-refractivity contribution < 1.29 is 9.18 Å². The zero-order valence-corrected chi connectivity index (χ0v) is 11.8. The lowest BCUT2D eigenvalue weighted by Gasteiger charge is -2.18. The van der Waals surface area contributed by atoms with Crippen LogP contribution in [0.4, 0.5) is 10.1 Å². The quantitative estimate of drug-likeness (QED) is 0.904. The molecule has 20 heavy (non-hydrogen) atoms. The van der Waals surface area contributed by atoms with E-state index in [4.69, 9.17) is 0 Å². The van der Waals surface area contributed by atoms with Gasteiger partial charge in [0.25, 0.3) is 5.91 Å². The molecule has 1 N–H and O–H groups in total. The molecule has 1 heterocycles. The number of pyridine rings is 1. The fourth-order valence-corrected chi connectivity index (χ4v) is 1.75. The maximum atomic E-state index is 13.1. The van der Waals surface area contributed by atoms with Gasteiger partial charge in [-0.2, -0.15) is 0 Å². The van der Waals surface area contributed by atoms with E-state index in [9.17, 15) is 9.18 Å². The summed E-state index contributed by atoms with van der Waals surface area (Å²) in [5, 5.41) is 2.75. The Kier molecular flexibility index (Phi) is 3.84. The van der Waals surface area contributed by atoms with Gasteiger partial charge in [0, 0.05) is 28.6 Å². The lowest BCUT2D eigenvalue weighted by molar-refractivity contribution is 0.102. The van der Waals surface area contributed by atoms with Crippen molar-refractivity contribution >= 4 is 11.6 Å². The molecule has 1 aromatic heterocycles. The smallest absolute Gasteiger partial charge is 0.255 e. The summed E-state index contributed by atoms with van der Waals surface area (Å²) in [6, 6.07) is 9.15. The summed E-state index contributed by atoms with van der Waals surface area (Å²) in [7, 11) is 0. The van der Waals surface area contributed by atoms with Gasteiger partial charge in [0.1, 0.15) is 5.82 Å². The first-order valence-corrected chi connectivity index (χ1v) is 6.40. The lowest BCUT2D eigenvalue weighted by Crippen LogP contribution is -2.16. The summed E-state index contributed by atoms with van der Waals surface area (Å²) in [4.78, 5) is 16.3. The number of nitrogens with zero attached hydrogens (tertiary/aromatic N) is 1. The van der Waals surface area contributed by atoms with Crippen LogP contribution in [0.3, 0.4) is 0 Å². The van der Waals surface area contributed by atoms with Crippen LogP contribution in [0.15, 0.2) is 42.6 Å². The molecular weight excluding hydrogens is 255 g/mol. The van der Waals surface area contributed by atoms with E-state index in [1.54, 1.807) is 18.3 Å². The van der Waals surface area contributed by atoms with Crippen molar-refractivity contribution in [2.24, 2.45) is 0 Å². The molecule has 0 aliphatic rings. The Morgan fingerprint density at radius 1 is 1.20 bits per heavy atom. The second-order valence-electron chi connectivity index (χ2n) is 5.64. The van der Waals surface area contributed by atoms with Crippen molar-refractivity contribution in [3.63, 3.8) is 0 Å². The highest BCUT2D eigenvalue weighted by Crippen LogP contribution is 2.22. The Balaban J connectivity index is 2.20. The van der Waals surface area contributed by atoms with Crippen LogP contribution in [0.2, 0.25) is 0 Å². The Morgan fingerprint density at radius 3 is 2.60 bits per heavy atom. The summed E-state index contributed by atoms with van der Waals surface area (Å²) >= 11 is 0. The van der Waals surface area contributed by atoms with Gasteiger partial charge in [0.2, 0.25) is 0 Å². The first kappa shape index (κ1) is 14.2. The highest BCUT2D eigenvalue weighted by Gasteiger charge is 2.16. The monoisotopic (exact) mass is 272 g/mol. The molecule has 0 unspecified atom stereocenters. The van der Waals surface area contributed by atoms with E-state index in [0.717, 1.165) is 5.69 Å². The number of amides is 1. The van der Waals surface area contributed by atoms with Gasteiger partial charge in [-0.15, -0.1) is 0 Å². The molecule has 0 aliphatic carbocycles. The van der Waals surface area contributed by atoms with Crippen molar-refractivity contribution in [1.29, 1.82) is 0 Å². The molecule has 2 rings (SSSR count). The minimum Gasteiger partial charge on any atom is -0.322 e. The normalized spacial score (nSPS) is 11.2. The number of carbonyl (C=O) groups excluding carboxylic acids is 1. The van der Waals surface area contributed by atoms with Crippen LogP contribution in [0.5, 0.6) is 0 Å². The standard InChI is InChI=1S/C16H17FN2O/c1-16(2,3)14-10-13(7-8-18-14)19-15(20)11-5-4-6-12(17)9-11/h4-10H,1-3H3,(H,18,19,20). The van der Waals surface area contributed by atoms with Crippen molar-refractivity contribution in [3.8, 4) is 0 Å². The average molecular weight is 272 g/mol. The maximum Gasteiger partial charge on any atom is 0.255 e.